The summed E-state index contributed by atoms with van der Waals surface area (Å²) in [7, 11) is 0. The van der Waals surface area contributed by atoms with Gasteiger partial charge in [0.1, 0.15) is 0 Å². The van der Waals surface area contributed by atoms with E-state index in [0.29, 0.717) is 5.25 Å². The molecule has 0 aromatic heterocycles. The van der Waals surface area contributed by atoms with Crippen molar-refractivity contribution < 1.29 is 0 Å². The van der Waals surface area contributed by atoms with Crippen LogP contribution in [-0.4, -0.2) is 5.25 Å². The Kier molecular flexibility index (Phi) is 3.82. The second-order valence-corrected chi connectivity index (χ2v) is 5.17. The quantitative estimate of drug-likeness (QED) is 0.749. The zero-order chi connectivity index (χ0) is 9.84. The van der Waals surface area contributed by atoms with E-state index in [2.05, 4.69) is 38.1 Å². The molecule has 0 bridgehead atoms. The first kappa shape index (κ1) is 10.6. The van der Waals surface area contributed by atoms with E-state index in [1.54, 1.807) is 0 Å². The van der Waals surface area contributed by atoms with Crippen LogP contribution < -0.4 is 5.73 Å². The normalized spacial score (nSPS) is 13.3. The topological polar surface area (TPSA) is 26.0 Å². The van der Waals surface area contributed by atoms with Crippen LogP contribution in [0.5, 0.6) is 0 Å². The maximum absolute atomic E-state index is 5.76. The van der Waals surface area contributed by atoms with Crippen molar-refractivity contribution >= 4 is 11.8 Å². The summed E-state index contributed by atoms with van der Waals surface area (Å²) in [5.41, 5.74) is 6.96. The van der Waals surface area contributed by atoms with Gasteiger partial charge in [-0.2, -0.15) is 0 Å². The molecule has 0 spiro atoms. The van der Waals surface area contributed by atoms with E-state index in [9.17, 15) is 0 Å². The molecular formula is C11H17NS. The molecule has 0 unspecified atom stereocenters. The fourth-order valence-corrected chi connectivity index (χ4v) is 1.96. The van der Waals surface area contributed by atoms with Gasteiger partial charge in [-0.05, 0) is 24.6 Å². The molecule has 0 amide bonds. The molecule has 0 saturated carbocycles. The maximum atomic E-state index is 5.76. The van der Waals surface area contributed by atoms with Crippen molar-refractivity contribution in [3.63, 3.8) is 0 Å². The van der Waals surface area contributed by atoms with Crippen LogP contribution in [0.3, 0.4) is 0 Å². The lowest BCUT2D eigenvalue weighted by Gasteiger charge is -2.08. The first-order chi connectivity index (χ1) is 6.09. The second kappa shape index (κ2) is 4.68. The molecule has 1 nitrogen and oxygen atoms in total. The molecule has 0 saturated heterocycles. The molecule has 72 valence electrons. The molecule has 1 aromatic rings. The van der Waals surface area contributed by atoms with Gasteiger partial charge in [0.05, 0.1) is 0 Å². The summed E-state index contributed by atoms with van der Waals surface area (Å²) in [5.74, 6) is 0. The van der Waals surface area contributed by atoms with E-state index in [0.717, 1.165) is 0 Å². The molecule has 2 heteroatoms. The number of rotatable bonds is 3. The number of benzene rings is 1. The second-order valence-electron chi connectivity index (χ2n) is 3.52. The van der Waals surface area contributed by atoms with Crippen LogP contribution in [0.4, 0.5) is 0 Å². The van der Waals surface area contributed by atoms with Crippen molar-refractivity contribution in [1.82, 2.24) is 0 Å². The minimum Gasteiger partial charge on any atom is -0.324 e. The van der Waals surface area contributed by atoms with Crippen molar-refractivity contribution in [2.45, 2.75) is 37.0 Å². The lowest BCUT2D eigenvalue weighted by molar-refractivity contribution is 0.817. The number of hydrogen-bond acceptors (Lipinski definition) is 2. The monoisotopic (exact) mass is 195 g/mol. The Bertz CT molecular complexity index is 251. The Morgan fingerprint density at radius 1 is 1.08 bits per heavy atom. The molecule has 0 aliphatic heterocycles. The highest BCUT2D eigenvalue weighted by Crippen LogP contribution is 2.23. The third-order valence-electron chi connectivity index (χ3n) is 1.78. The van der Waals surface area contributed by atoms with Crippen molar-refractivity contribution in [2.75, 3.05) is 0 Å². The van der Waals surface area contributed by atoms with E-state index in [1.165, 1.54) is 10.5 Å². The van der Waals surface area contributed by atoms with Gasteiger partial charge < -0.3 is 5.73 Å². The van der Waals surface area contributed by atoms with E-state index < -0.39 is 0 Å². The van der Waals surface area contributed by atoms with Crippen LogP contribution in [0, 0.1) is 0 Å². The third kappa shape index (κ3) is 3.41. The SMILES string of the molecule is CC(C)Sc1ccc([C@H](C)N)cc1. The summed E-state index contributed by atoms with van der Waals surface area (Å²) in [6, 6.07) is 8.63. The predicted octanol–water partition coefficient (Wildman–Crippen LogP) is 3.21. The fraction of sp³-hybridized carbons (Fsp3) is 0.455. The summed E-state index contributed by atoms with van der Waals surface area (Å²) in [4.78, 5) is 1.32. The summed E-state index contributed by atoms with van der Waals surface area (Å²) in [6.45, 7) is 6.40. The Hall–Kier alpha value is -0.470. The highest BCUT2D eigenvalue weighted by Gasteiger charge is 2.00. The molecule has 1 atom stereocenters. The Morgan fingerprint density at radius 2 is 1.62 bits per heavy atom. The highest BCUT2D eigenvalue weighted by molar-refractivity contribution is 7.99. The van der Waals surface area contributed by atoms with Crippen LogP contribution in [0.25, 0.3) is 0 Å². The number of hydrogen-bond donors (Lipinski definition) is 1. The van der Waals surface area contributed by atoms with Crippen LogP contribution >= 0.6 is 11.8 Å². The average molecular weight is 195 g/mol. The van der Waals surface area contributed by atoms with Crippen LogP contribution in [-0.2, 0) is 0 Å². The van der Waals surface area contributed by atoms with E-state index >= 15 is 0 Å². The maximum Gasteiger partial charge on any atom is 0.0266 e. The minimum absolute atomic E-state index is 0.137. The van der Waals surface area contributed by atoms with E-state index in [1.807, 2.05) is 18.7 Å². The van der Waals surface area contributed by atoms with Gasteiger partial charge in [-0.3, -0.25) is 0 Å². The number of nitrogens with two attached hydrogens (primary N) is 1. The third-order valence-corrected chi connectivity index (χ3v) is 2.79. The van der Waals surface area contributed by atoms with Gasteiger partial charge in [-0.15, -0.1) is 11.8 Å². The van der Waals surface area contributed by atoms with Crippen LogP contribution in [0.15, 0.2) is 29.2 Å². The molecule has 0 heterocycles. The van der Waals surface area contributed by atoms with Gasteiger partial charge in [0.25, 0.3) is 0 Å². The standard InChI is InChI=1S/C11H17NS/c1-8(2)13-11-6-4-10(5-7-11)9(3)12/h4-9H,12H2,1-3H3/t9-/m0/s1. The van der Waals surface area contributed by atoms with Gasteiger partial charge >= 0.3 is 0 Å². The molecule has 13 heavy (non-hydrogen) atoms. The smallest absolute Gasteiger partial charge is 0.0266 e. The van der Waals surface area contributed by atoms with Crippen LogP contribution in [0.1, 0.15) is 32.4 Å². The highest BCUT2D eigenvalue weighted by atomic mass is 32.2. The summed E-state index contributed by atoms with van der Waals surface area (Å²) >= 11 is 1.88. The Morgan fingerprint density at radius 3 is 2.00 bits per heavy atom. The van der Waals surface area contributed by atoms with E-state index in [4.69, 9.17) is 5.73 Å². The van der Waals surface area contributed by atoms with Crippen molar-refractivity contribution in [3.8, 4) is 0 Å². The summed E-state index contributed by atoms with van der Waals surface area (Å²) < 4.78 is 0. The van der Waals surface area contributed by atoms with Gasteiger partial charge in [0, 0.05) is 16.2 Å². The molecular weight excluding hydrogens is 178 g/mol. The fourth-order valence-electron chi connectivity index (χ4n) is 1.12. The van der Waals surface area contributed by atoms with Gasteiger partial charge in [0.2, 0.25) is 0 Å². The molecule has 1 aromatic carbocycles. The number of thioether (sulfide) groups is 1. The average Bonchev–Trinajstić information content (AvgIpc) is 2.04. The van der Waals surface area contributed by atoms with Gasteiger partial charge in [-0.25, -0.2) is 0 Å². The zero-order valence-corrected chi connectivity index (χ0v) is 9.27. The molecule has 0 aliphatic carbocycles. The Labute approximate surface area is 84.7 Å². The Balaban J connectivity index is 2.70. The van der Waals surface area contributed by atoms with Crippen LogP contribution in [0.2, 0.25) is 0 Å². The lowest BCUT2D eigenvalue weighted by Crippen LogP contribution is -2.04. The molecule has 0 aliphatic rings. The van der Waals surface area contributed by atoms with Crippen molar-refractivity contribution in [2.24, 2.45) is 5.73 Å². The molecule has 0 fully saturated rings. The van der Waals surface area contributed by atoms with Gasteiger partial charge in [-0.1, -0.05) is 26.0 Å². The van der Waals surface area contributed by atoms with Crippen molar-refractivity contribution in [1.29, 1.82) is 0 Å². The summed E-state index contributed by atoms with van der Waals surface area (Å²) in [5, 5.41) is 0.640. The van der Waals surface area contributed by atoms with Crippen molar-refractivity contribution in [3.05, 3.63) is 29.8 Å². The molecule has 1 rings (SSSR count). The zero-order valence-electron chi connectivity index (χ0n) is 8.45. The molecule has 0 radical (unpaired) electrons. The first-order valence-corrected chi connectivity index (χ1v) is 5.49. The van der Waals surface area contributed by atoms with E-state index in [-0.39, 0.29) is 6.04 Å². The molecule has 2 N–H and O–H groups in total. The largest absolute Gasteiger partial charge is 0.324 e. The predicted molar refractivity (Wildman–Crippen MR) is 60.0 cm³/mol. The van der Waals surface area contributed by atoms with Gasteiger partial charge in [0.15, 0.2) is 0 Å². The summed E-state index contributed by atoms with van der Waals surface area (Å²) in [6.07, 6.45) is 0. The lowest BCUT2D eigenvalue weighted by atomic mass is 10.1. The minimum atomic E-state index is 0.137. The first-order valence-electron chi connectivity index (χ1n) is 4.62.